The summed E-state index contributed by atoms with van der Waals surface area (Å²) in [5.74, 6) is -0.291. The molecule has 1 aliphatic heterocycles. The van der Waals surface area contributed by atoms with Gasteiger partial charge in [0.15, 0.2) is 0 Å². The minimum absolute atomic E-state index is 0.270. The standard InChI is InChI=1S/C25H19F3N2O3S/c1-33-24(32)20-13-34-23-22(16-3-2-4-18(11-16)25(26,27)28)17(12-21(31)30(20)23)10-14-5-6-19-15(9-14)7-8-29-19/h2-9,11-12,20,29H,10,13H2,1H3/t20-/m0/s1. The molecule has 0 spiro atoms. The second-order valence-corrected chi connectivity index (χ2v) is 9.07. The molecule has 5 nitrogen and oxygen atoms in total. The summed E-state index contributed by atoms with van der Waals surface area (Å²) < 4.78 is 46.6. The monoisotopic (exact) mass is 484 g/mol. The zero-order chi connectivity index (χ0) is 24.0. The van der Waals surface area contributed by atoms with Crippen molar-refractivity contribution in [2.75, 3.05) is 12.9 Å². The third-order valence-corrected chi connectivity index (χ3v) is 7.10. The number of methoxy groups -OCH3 is 1. The van der Waals surface area contributed by atoms with E-state index in [0.29, 0.717) is 28.1 Å². The van der Waals surface area contributed by atoms with E-state index >= 15 is 0 Å². The Balaban J connectivity index is 1.71. The van der Waals surface area contributed by atoms with E-state index in [0.717, 1.165) is 28.6 Å². The lowest BCUT2D eigenvalue weighted by Gasteiger charge is -2.18. The maximum Gasteiger partial charge on any atom is 0.416 e. The van der Waals surface area contributed by atoms with Gasteiger partial charge in [0, 0.05) is 29.1 Å². The average molecular weight is 484 g/mol. The Kier molecular flexibility index (Phi) is 5.51. The summed E-state index contributed by atoms with van der Waals surface area (Å²) in [6, 6.07) is 13.4. The summed E-state index contributed by atoms with van der Waals surface area (Å²) in [6.07, 6.45) is -2.33. The molecule has 2 aromatic heterocycles. The molecule has 2 aromatic carbocycles. The summed E-state index contributed by atoms with van der Waals surface area (Å²) in [7, 11) is 1.25. The summed E-state index contributed by atoms with van der Waals surface area (Å²) in [5, 5.41) is 1.47. The molecule has 4 aromatic rings. The summed E-state index contributed by atoms with van der Waals surface area (Å²) in [6.45, 7) is 0. The maximum absolute atomic E-state index is 13.5. The molecule has 0 unspecified atom stereocenters. The van der Waals surface area contributed by atoms with E-state index < -0.39 is 23.8 Å². The van der Waals surface area contributed by atoms with Crippen LogP contribution in [-0.2, 0) is 22.1 Å². The first-order valence-corrected chi connectivity index (χ1v) is 11.5. The van der Waals surface area contributed by atoms with E-state index in [-0.39, 0.29) is 11.3 Å². The predicted octanol–water partition coefficient (Wildman–Crippen LogP) is 5.43. The molecule has 0 radical (unpaired) electrons. The number of carbonyl (C=O) groups excluding carboxylic acids is 1. The van der Waals surface area contributed by atoms with E-state index in [2.05, 4.69) is 4.98 Å². The Labute approximate surface area is 196 Å². The third-order valence-electron chi connectivity index (χ3n) is 5.94. The Morgan fingerprint density at radius 2 is 2.00 bits per heavy atom. The number of pyridine rings is 1. The molecule has 1 aliphatic rings. The minimum Gasteiger partial charge on any atom is -0.467 e. The molecule has 0 aliphatic carbocycles. The Morgan fingerprint density at radius 1 is 1.18 bits per heavy atom. The van der Waals surface area contributed by atoms with E-state index in [1.807, 2.05) is 30.5 Å². The van der Waals surface area contributed by atoms with Gasteiger partial charge >= 0.3 is 12.1 Å². The highest BCUT2D eigenvalue weighted by molar-refractivity contribution is 7.99. The predicted molar refractivity (Wildman–Crippen MR) is 124 cm³/mol. The van der Waals surface area contributed by atoms with E-state index in [1.165, 1.54) is 35.6 Å². The molecular formula is C25H19F3N2O3S. The summed E-state index contributed by atoms with van der Waals surface area (Å²) in [4.78, 5) is 28.5. The van der Waals surface area contributed by atoms with Gasteiger partial charge in [0.1, 0.15) is 6.04 Å². The zero-order valence-corrected chi connectivity index (χ0v) is 18.8. The van der Waals surface area contributed by atoms with Gasteiger partial charge < -0.3 is 9.72 Å². The quantitative estimate of drug-likeness (QED) is 0.393. The fraction of sp³-hybridized carbons (Fsp3) is 0.200. The van der Waals surface area contributed by atoms with Crippen LogP contribution in [0.5, 0.6) is 0 Å². The lowest BCUT2D eigenvalue weighted by Crippen LogP contribution is -2.30. The van der Waals surface area contributed by atoms with Crippen molar-refractivity contribution >= 4 is 28.6 Å². The van der Waals surface area contributed by atoms with Crippen LogP contribution in [0.15, 0.2) is 70.6 Å². The molecule has 0 saturated heterocycles. The Bertz CT molecular complexity index is 1470. The molecule has 0 bridgehead atoms. The topological polar surface area (TPSA) is 64.1 Å². The average Bonchev–Trinajstić information content (AvgIpc) is 3.45. The van der Waals surface area contributed by atoms with Crippen LogP contribution in [0.1, 0.15) is 22.7 Å². The molecule has 1 atom stereocenters. The number of ether oxygens (including phenoxy) is 1. The van der Waals surface area contributed by atoms with Crippen molar-refractivity contribution in [3.8, 4) is 11.1 Å². The number of nitrogens with zero attached hydrogens (tertiary/aromatic N) is 1. The lowest BCUT2D eigenvalue weighted by molar-refractivity contribution is -0.144. The number of halogens is 3. The minimum atomic E-state index is -4.51. The number of aromatic nitrogens is 2. The van der Waals surface area contributed by atoms with Crippen LogP contribution in [0.25, 0.3) is 22.0 Å². The van der Waals surface area contributed by atoms with Gasteiger partial charge in [0.2, 0.25) is 0 Å². The lowest BCUT2D eigenvalue weighted by atomic mass is 9.94. The number of alkyl halides is 3. The van der Waals surface area contributed by atoms with Crippen LogP contribution in [0.2, 0.25) is 0 Å². The highest BCUT2D eigenvalue weighted by atomic mass is 32.2. The first kappa shape index (κ1) is 22.3. The number of benzene rings is 2. The van der Waals surface area contributed by atoms with Crippen LogP contribution >= 0.6 is 11.8 Å². The van der Waals surface area contributed by atoms with E-state index in [4.69, 9.17) is 4.74 Å². The van der Waals surface area contributed by atoms with Crippen LogP contribution in [0, 0.1) is 0 Å². The molecule has 5 rings (SSSR count). The number of fused-ring (bicyclic) bond motifs is 2. The van der Waals surface area contributed by atoms with Gasteiger partial charge in [-0.3, -0.25) is 9.36 Å². The number of nitrogens with one attached hydrogen (secondary N) is 1. The smallest absolute Gasteiger partial charge is 0.416 e. The molecule has 34 heavy (non-hydrogen) atoms. The highest BCUT2D eigenvalue weighted by Crippen LogP contribution is 2.43. The van der Waals surface area contributed by atoms with Crippen LogP contribution in [-0.4, -0.2) is 28.4 Å². The number of esters is 1. The van der Waals surface area contributed by atoms with Gasteiger partial charge in [-0.15, -0.1) is 11.8 Å². The fourth-order valence-corrected chi connectivity index (χ4v) is 5.71. The summed E-state index contributed by atoms with van der Waals surface area (Å²) in [5.41, 5.74) is 2.18. The van der Waals surface area contributed by atoms with Crippen molar-refractivity contribution < 1.29 is 22.7 Å². The normalized spacial score (nSPS) is 15.5. The number of hydrogen-bond donors (Lipinski definition) is 1. The molecule has 0 amide bonds. The van der Waals surface area contributed by atoms with Crippen molar-refractivity contribution in [1.29, 1.82) is 0 Å². The first-order valence-electron chi connectivity index (χ1n) is 10.5. The van der Waals surface area contributed by atoms with Crippen molar-refractivity contribution in [1.82, 2.24) is 9.55 Å². The van der Waals surface area contributed by atoms with Gasteiger partial charge in [-0.2, -0.15) is 13.2 Å². The SMILES string of the molecule is COC(=O)[C@@H]1CSc2c(-c3cccc(C(F)(F)F)c3)c(Cc3ccc4[nH]ccc4c3)cc(=O)n21. The number of hydrogen-bond acceptors (Lipinski definition) is 4. The molecular weight excluding hydrogens is 465 g/mol. The highest BCUT2D eigenvalue weighted by Gasteiger charge is 2.35. The Morgan fingerprint density at radius 3 is 2.76 bits per heavy atom. The van der Waals surface area contributed by atoms with Crippen molar-refractivity contribution in [3.05, 3.63) is 87.8 Å². The Hall–Kier alpha value is -3.46. The number of rotatable bonds is 4. The fourth-order valence-electron chi connectivity index (χ4n) is 4.36. The molecule has 174 valence electrons. The third kappa shape index (κ3) is 3.90. The maximum atomic E-state index is 13.5. The largest absolute Gasteiger partial charge is 0.467 e. The van der Waals surface area contributed by atoms with Gasteiger partial charge in [-0.25, -0.2) is 4.79 Å². The van der Waals surface area contributed by atoms with Crippen molar-refractivity contribution in [3.63, 3.8) is 0 Å². The van der Waals surface area contributed by atoms with Crippen molar-refractivity contribution in [2.24, 2.45) is 0 Å². The van der Waals surface area contributed by atoms with Gasteiger partial charge in [-0.1, -0.05) is 18.2 Å². The van der Waals surface area contributed by atoms with Gasteiger partial charge in [0.25, 0.3) is 5.56 Å². The van der Waals surface area contributed by atoms with E-state index in [9.17, 15) is 22.8 Å². The van der Waals surface area contributed by atoms with Crippen LogP contribution in [0.4, 0.5) is 13.2 Å². The molecule has 3 heterocycles. The molecule has 0 fully saturated rings. The molecule has 0 saturated carbocycles. The van der Waals surface area contributed by atoms with Gasteiger partial charge in [-0.05, 0) is 58.8 Å². The molecule has 1 N–H and O–H groups in total. The number of aromatic amines is 1. The van der Waals surface area contributed by atoms with Crippen LogP contribution < -0.4 is 5.56 Å². The molecule has 9 heteroatoms. The number of thioether (sulfide) groups is 1. The number of H-pyrrole nitrogens is 1. The van der Waals surface area contributed by atoms with Crippen LogP contribution in [0.3, 0.4) is 0 Å². The second kappa shape index (κ2) is 8.39. The number of carbonyl (C=O) groups is 1. The van der Waals surface area contributed by atoms with Crippen molar-refractivity contribution in [2.45, 2.75) is 23.7 Å². The van der Waals surface area contributed by atoms with E-state index in [1.54, 1.807) is 6.07 Å². The zero-order valence-electron chi connectivity index (χ0n) is 18.0. The van der Waals surface area contributed by atoms with Gasteiger partial charge in [0.05, 0.1) is 17.7 Å². The second-order valence-electron chi connectivity index (χ2n) is 8.06. The summed E-state index contributed by atoms with van der Waals surface area (Å²) >= 11 is 1.27. The first-order chi connectivity index (χ1) is 16.3.